The predicted molar refractivity (Wildman–Crippen MR) is 136 cm³/mol. The molecule has 0 spiro atoms. The van der Waals surface area contributed by atoms with Crippen LogP contribution >= 0.6 is 0 Å². The molecule has 0 saturated carbocycles. The fourth-order valence-corrected chi connectivity index (χ4v) is 4.34. The molecule has 2 nitrogen and oxygen atoms in total. The van der Waals surface area contributed by atoms with Gasteiger partial charge in [-0.3, -0.25) is 4.79 Å². The zero-order valence-electron chi connectivity index (χ0n) is 19.3. The van der Waals surface area contributed by atoms with Crippen LogP contribution in [0.1, 0.15) is 38.2 Å². The van der Waals surface area contributed by atoms with Gasteiger partial charge in [0.25, 0.3) is 0 Å². The van der Waals surface area contributed by atoms with E-state index in [1.807, 2.05) is 78.9 Å². The monoisotopic (exact) mass is 458 g/mol. The molecule has 0 aliphatic heterocycles. The van der Waals surface area contributed by atoms with Gasteiger partial charge in [0.05, 0.1) is 5.56 Å². The van der Waals surface area contributed by atoms with Gasteiger partial charge in [0.2, 0.25) is 0 Å². The summed E-state index contributed by atoms with van der Waals surface area (Å²) >= 11 is 0. The maximum Gasteiger partial charge on any atom is 0.199 e. The lowest BCUT2D eigenvalue weighted by Crippen LogP contribution is -2.40. The van der Waals surface area contributed by atoms with E-state index in [4.69, 9.17) is 4.74 Å². The Morgan fingerprint density at radius 2 is 1.57 bits per heavy atom. The van der Waals surface area contributed by atoms with E-state index < -0.39 is 17.2 Å². The lowest BCUT2D eigenvalue weighted by atomic mass is 9.73. The normalized spacial score (nSPS) is 16.3. The van der Waals surface area contributed by atoms with Crippen molar-refractivity contribution >= 4 is 11.5 Å². The van der Waals surface area contributed by atoms with Crippen molar-refractivity contribution in [1.82, 2.24) is 0 Å². The van der Waals surface area contributed by atoms with Gasteiger partial charge in [-0.05, 0) is 42.2 Å². The summed E-state index contributed by atoms with van der Waals surface area (Å²) in [5.41, 5.74) is 3.43. The maximum atomic E-state index is 14.6. The molecule has 35 heavy (non-hydrogen) atoms. The van der Waals surface area contributed by atoms with Crippen LogP contribution in [-0.2, 0) is 16.8 Å². The number of rotatable bonds is 5. The van der Waals surface area contributed by atoms with E-state index in [9.17, 15) is 9.18 Å². The van der Waals surface area contributed by atoms with E-state index in [0.717, 1.165) is 22.3 Å². The Morgan fingerprint density at radius 3 is 2.29 bits per heavy atom. The first-order chi connectivity index (χ1) is 17.1. The molecule has 1 atom stereocenters. The Morgan fingerprint density at radius 1 is 0.886 bits per heavy atom. The Balaban J connectivity index is 1.60. The third kappa shape index (κ3) is 4.52. The predicted octanol–water partition coefficient (Wildman–Crippen LogP) is 6.88. The van der Waals surface area contributed by atoms with Crippen molar-refractivity contribution in [2.75, 3.05) is 0 Å². The van der Waals surface area contributed by atoms with Gasteiger partial charge in [0.15, 0.2) is 11.4 Å². The van der Waals surface area contributed by atoms with E-state index in [1.165, 1.54) is 12.1 Å². The molecule has 1 aliphatic rings. The average Bonchev–Trinajstić information content (AvgIpc) is 2.87. The lowest BCUT2D eigenvalue weighted by molar-refractivity contribution is 0.0715. The van der Waals surface area contributed by atoms with Crippen LogP contribution in [0.2, 0.25) is 0 Å². The van der Waals surface area contributed by atoms with Gasteiger partial charge < -0.3 is 4.74 Å². The van der Waals surface area contributed by atoms with Crippen LogP contribution in [0.4, 0.5) is 4.39 Å². The van der Waals surface area contributed by atoms with Crippen molar-refractivity contribution in [3.8, 4) is 11.8 Å². The second-order valence-corrected chi connectivity index (χ2v) is 8.55. The third-order valence-electron chi connectivity index (χ3n) is 6.15. The minimum atomic E-state index is -0.918. The number of ketones is 1. The summed E-state index contributed by atoms with van der Waals surface area (Å²) in [5.74, 6) is 5.94. The molecular weight excluding hydrogens is 435 g/mol. The summed E-state index contributed by atoms with van der Waals surface area (Å²) < 4.78 is 21.2. The Kier molecular flexibility index (Phi) is 6.04. The fraction of sp³-hybridized carbons (Fsp3) is 0.0938. The number of hydrogen-bond acceptors (Lipinski definition) is 2. The molecule has 3 heteroatoms. The van der Waals surface area contributed by atoms with Crippen LogP contribution in [0.5, 0.6) is 0 Å². The highest BCUT2D eigenvalue weighted by Crippen LogP contribution is 2.44. The second kappa shape index (κ2) is 9.44. The number of allylic oxidation sites excluding steroid dienone is 1. The number of carbonyl (C=O) groups excluding carboxylic acids is 1. The minimum absolute atomic E-state index is 0.0444. The number of hydrogen-bond donors (Lipinski definition) is 0. The summed E-state index contributed by atoms with van der Waals surface area (Å²) in [7, 11) is 0. The Labute approximate surface area is 204 Å². The molecule has 170 valence electrons. The van der Waals surface area contributed by atoms with Crippen LogP contribution in [0.3, 0.4) is 0 Å². The lowest BCUT2D eigenvalue weighted by Gasteiger charge is -2.40. The molecule has 0 radical (unpaired) electrons. The van der Waals surface area contributed by atoms with E-state index >= 15 is 0 Å². The molecule has 0 aromatic heterocycles. The molecule has 0 unspecified atom stereocenters. The zero-order valence-corrected chi connectivity index (χ0v) is 19.3. The van der Waals surface area contributed by atoms with E-state index in [-0.39, 0.29) is 5.56 Å². The smallest absolute Gasteiger partial charge is 0.199 e. The molecule has 0 amide bonds. The van der Waals surface area contributed by atoms with Gasteiger partial charge in [-0.15, -0.1) is 0 Å². The van der Waals surface area contributed by atoms with Crippen molar-refractivity contribution in [1.29, 1.82) is 0 Å². The molecule has 5 rings (SSSR count). The van der Waals surface area contributed by atoms with Crippen molar-refractivity contribution < 1.29 is 13.9 Å². The van der Waals surface area contributed by atoms with Crippen molar-refractivity contribution in [3.63, 3.8) is 0 Å². The van der Waals surface area contributed by atoms with E-state index in [2.05, 4.69) is 17.9 Å². The van der Waals surface area contributed by atoms with Gasteiger partial charge in [0, 0.05) is 29.2 Å². The molecule has 0 saturated heterocycles. The molecule has 0 bridgehead atoms. The highest BCUT2D eigenvalue weighted by atomic mass is 19.1. The van der Waals surface area contributed by atoms with Crippen LogP contribution in [0, 0.1) is 24.6 Å². The first-order valence-electron chi connectivity index (χ1n) is 11.5. The summed E-state index contributed by atoms with van der Waals surface area (Å²) in [6.45, 7) is 1.72. The minimum Gasteiger partial charge on any atom is -0.469 e. The highest BCUT2D eigenvalue weighted by molar-refractivity contribution is 6.09. The van der Waals surface area contributed by atoms with Crippen molar-refractivity contribution in [2.24, 2.45) is 0 Å². The van der Waals surface area contributed by atoms with Crippen molar-refractivity contribution in [2.45, 2.75) is 18.9 Å². The topological polar surface area (TPSA) is 26.3 Å². The van der Waals surface area contributed by atoms with Crippen LogP contribution in [-0.4, -0.2) is 5.78 Å². The number of fused-ring (bicyclic) bond motifs is 1. The van der Waals surface area contributed by atoms with Crippen LogP contribution < -0.4 is 0 Å². The van der Waals surface area contributed by atoms with Gasteiger partial charge in [-0.25, -0.2) is 4.39 Å². The molecule has 4 aromatic rings. The Bertz CT molecular complexity index is 1460. The quantitative estimate of drug-likeness (QED) is 0.141. The first-order valence-corrected chi connectivity index (χ1v) is 11.5. The number of aryl methyl sites for hydroxylation is 1. The summed E-state index contributed by atoms with van der Waals surface area (Å²) in [6.07, 6.45) is 1.97. The van der Waals surface area contributed by atoms with Crippen LogP contribution in [0.25, 0.3) is 5.76 Å². The highest BCUT2D eigenvalue weighted by Gasteiger charge is 2.44. The van der Waals surface area contributed by atoms with E-state index in [1.54, 1.807) is 19.1 Å². The molecule has 1 aliphatic carbocycles. The number of halogens is 1. The third-order valence-corrected chi connectivity index (χ3v) is 6.15. The summed E-state index contributed by atoms with van der Waals surface area (Å²) in [6, 6.07) is 31.7. The molecule has 0 heterocycles. The Hall–Kier alpha value is -4.42. The zero-order chi connectivity index (χ0) is 24.3. The summed E-state index contributed by atoms with van der Waals surface area (Å²) in [5, 5.41) is 0. The maximum absolute atomic E-state index is 14.6. The number of ether oxygens (including phenoxy) is 1. The standard InChI is InChI=1S/C32H23FO2/c1-23-11-10-18-28(33)31(23)29(34)21-30(25-14-6-3-7-15-25)35-32(20-19-24-12-4-2-5-13-24)22-26-16-8-9-17-27(26)32/h2-18,21H,22H2,1H3/t32-/m1/s1. The SMILES string of the molecule is Cc1cccc(F)c1C(=O)C=C(O[C@]1(C#Cc2ccccc2)Cc2ccccc21)c1ccccc1. The van der Waals surface area contributed by atoms with E-state index in [0.29, 0.717) is 17.7 Å². The average molecular weight is 459 g/mol. The fourth-order valence-electron chi connectivity index (χ4n) is 4.34. The largest absolute Gasteiger partial charge is 0.469 e. The van der Waals surface area contributed by atoms with Gasteiger partial charge >= 0.3 is 0 Å². The molecule has 0 N–H and O–H groups in total. The van der Waals surface area contributed by atoms with Gasteiger partial charge in [-0.1, -0.05) is 90.8 Å². The second-order valence-electron chi connectivity index (χ2n) is 8.55. The molecule has 0 fully saturated rings. The number of benzene rings is 4. The van der Waals surface area contributed by atoms with Gasteiger partial charge in [0.1, 0.15) is 11.6 Å². The molecule has 4 aromatic carbocycles. The molecular formula is C32H23FO2. The summed E-state index contributed by atoms with van der Waals surface area (Å²) in [4.78, 5) is 13.3. The first kappa shape index (κ1) is 22.4. The van der Waals surface area contributed by atoms with Crippen LogP contribution in [0.15, 0.2) is 109 Å². The van der Waals surface area contributed by atoms with Gasteiger partial charge in [-0.2, -0.15) is 0 Å². The number of carbonyl (C=O) groups is 1. The van der Waals surface area contributed by atoms with Crippen molar-refractivity contribution in [3.05, 3.63) is 148 Å².